The monoisotopic (exact) mass is 475 g/mol. The van der Waals surface area contributed by atoms with E-state index in [2.05, 4.69) is 20.2 Å². The minimum Gasteiger partial charge on any atom is -0.449 e. The standard InChI is InChI=1S/C20H21N5O5S2/c1-3-17(30-19(27)13-4-6-14(21)7-5-13)18(26)22-15-8-10-16(11-9-15)32(28,29)25-20-24-23-12(2)31-20/h4-11,17H,3,21H2,1-2H3,(H,22,26)(H,24,25). The molecule has 1 unspecified atom stereocenters. The molecule has 0 saturated carbocycles. The Bertz CT molecular complexity index is 1210. The van der Waals surface area contributed by atoms with Crippen LogP contribution in [0.1, 0.15) is 28.7 Å². The highest BCUT2D eigenvalue weighted by Crippen LogP contribution is 2.21. The molecule has 1 aromatic heterocycles. The summed E-state index contributed by atoms with van der Waals surface area (Å²) in [7, 11) is -3.85. The van der Waals surface area contributed by atoms with Gasteiger partial charge in [0.2, 0.25) is 5.13 Å². The molecule has 32 heavy (non-hydrogen) atoms. The minimum absolute atomic E-state index is 0.00910. The van der Waals surface area contributed by atoms with E-state index in [4.69, 9.17) is 10.5 Å². The van der Waals surface area contributed by atoms with Crippen LogP contribution in [0, 0.1) is 6.92 Å². The number of nitrogens with one attached hydrogen (secondary N) is 2. The molecule has 3 aromatic rings. The predicted molar refractivity (Wildman–Crippen MR) is 121 cm³/mol. The van der Waals surface area contributed by atoms with Gasteiger partial charge in [-0.15, -0.1) is 10.2 Å². The van der Waals surface area contributed by atoms with Crippen molar-refractivity contribution in [3.63, 3.8) is 0 Å². The zero-order valence-corrected chi connectivity index (χ0v) is 18.9. The van der Waals surface area contributed by atoms with Gasteiger partial charge in [0.1, 0.15) is 5.01 Å². The van der Waals surface area contributed by atoms with E-state index >= 15 is 0 Å². The van der Waals surface area contributed by atoms with Gasteiger partial charge in [0.25, 0.3) is 15.9 Å². The molecule has 0 saturated heterocycles. The Labute approximate surface area is 188 Å². The summed E-state index contributed by atoms with van der Waals surface area (Å²) in [5.74, 6) is -1.18. The smallest absolute Gasteiger partial charge is 0.338 e. The Morgan fingerprint density at radius 3 is 2.31 bits per heavy atom. The number of benzene rings is 2. The van der Waals surface area contributed by atoms with E-state index in [1.807, 2.05) is 0 Å². The Balaban J connectivity index is 1.63. The number of sulfonamides is 1. The SMILES string of the molecule is CCC(OC(=O)c1ccc(N)cc1)C(=O)Nc1ccc(S(=O)(=O)Nc2nnc(C)s2)cc1. The summed E-state index contributed by atoms with van der Waals surface area (Å²) < 4.78 is 32.5. The van der Waals surface area contributed by atoms with Crippen LogP contribution in [-0.2, 0) is 19.6 Å². The largest absolute Gasteiger partial charge is 0.449 e. The summed E-state index contributed by atoms with van der Waals surface area (Å²) >= 11 is 1.11. The van der Waals surface area contributed by atoms with Crippen molar-refractivity contribution in [2.24, 2.45) is 0 Å². The summed E-state index contributed by atoms with van der Waals surface area (Å²) in [5.41, 5.74) is 6.73. The number of rotatable bonds is 8. The van der Waals surface area contributed by atoms with E-state index in [0.717, 1.165) is 11.3 Å². The molecular formula is C20H21N5O5S2. The van der Waals surface area contributed by atoms with E-state index in [9.17, 15) is 18.0 Å². The zero-order chi connectivity index (χ0) is 23.3. The molecule has 1 amide bonds. The van der Waals surface area contributed by atoms with E-state index < -0.39 is 28.0 Å². The van der Waals surface area contributed by atoms with Crippen LogP contribution in [0.2, 0.25) is 0 Å². The lowest BCUT2D eigenvalue weighted by Crippen LogP contribution is -2.32. The number of carbonyl (C=O) groups is 2. The van der Waals surface area contributed by atoms with Crippen molar-refractivity contribution in [3.05, 3.63) is 59.1 Å². The highest BCUT2D eigenvalue weighted by molar-refractivity contribution is 7.93. The number of hydrogen-bond donors (Lipinski definition) is 3. The third-order valence-corrected chi connectivity index (χ3v) is 6.48. The van der Waals surface area contributed by atoms with Crippen LogP contribution in [-0.4, -0.2) is 36.6 Å². The van der Waals surface area contributed by atoms with Crippen LogP contribution in [0.15, 0.2) is 53.4 Å². The third-order valence-electron chi connectivity index (χ3n) is 4.24. The van der Waals surface area contributed by atoms with Crippen molar-refractivity contribution in [1.29, 1.82) is 0 Å². The maximum atomic E-state index is 12.5. The number of carbonyl (C=O) groups excluding carboxylic acids is 2. The molecule has 0 spiro atoms. The minimum atomic E-state index is -3.85. The third kappa shape index (κ3) is 5.80. The van der Waals surface area contributed by atoms with Gasteiger partial charge in [0.05, 0.1) is 10.5 Å². The molecule has 0 aliphatic carbocycles. The summed E-state index contributed by atoms with van der Waals surface area (Å²) in [5, 5.41) is 10.9. The lowest BCUT2D eigenvalue weighted by Gasteiger charge is -2.16. The summed E-state index contributed by atoms with van der Waals surface area (Å²) in [6.07, 6.45) is -0.768. The van der Waals surface area contributed by atoms with Crippen LogP contribution in [0.4, 0.5) is 16.5 Å². The molecule has 1 heterocycles. The lowest BCUT2D eigenvalue weighted by molar-refractivity contribution is -0.124. The number of nitrogens with zero attached hydrogens (tertiary/aromatic N) is 2. The fourth-order valence-electron chi connectivity index (χ4n) is 2.59. The van der Waals surface area contributed by atoms with Crippen molar-refractivity contribution >= 4 is 49.7 Å². The van der Waals surface area contributed by atoms with Crippen molar-refractivity contribution in [2.45, 2.75) is 31.3 Å². The first-order chi connectivity index (χ1) is 15.2. The summed E-state index contributed by atoms with van der Waals surface area (Å²) in [6, 6.07) is 11.7. The van der Waals surface area contributed by atoms with Crippen LogP contribution in [0.3, 0.4) is 0 Å². The van der Waals surface area contributed by atoms with Gasteiger partial charge in [-0.05, 0) is 61.9 Å². The van der Waals surface area contributed by atoms with Crippen LogP contribution < -0.4 is 15.8 Å². The second-order valence-electron chi connectivity index (χ2n) is 6.67. The number of hydrogen-bond acceptors (Lipinski definition) is 9. The predicted octanol–water partition coefficient (Wildman–Crippen LogP) is 2.80. The number of anilines is 3. The molecular weight excluding hydrogens is 454 g/mol. The Kier molecular flexibility index (Phi) is 7.05. The average molecular weight is 476 g/mol. The molecule has 168 valence electrons. The maximum Gasteiger partial charge on any atom is 0.338 e. The maximum absolute atomic E-state index is 12.5. The van der Waals surface area contributed by atoms with Gasteiger partial charge in [-0.25, -0.2) is 13.2 Å². The summed E-state index contributed by atoms with van der Waals surface area (Å²) in [4.78, 5) is 24.8. The molecule has 0 radical (unpaired) electrons. The second-order valence-corrected chi connectivity index (χ2v) is 9.53. The molecule has 0 bridgehead atoms. The average Bonchev–Trinajstić information content (AvgIpc) is 3.16. The number of aryl methyl sites for hydroxylation is 1. The molecule has 1 atom stereocenters. The van der Waals surface area contributed by atoms with Crippen molar-refractivity contribution < 1.29 is 22.7 Å². The molecule has 0 fully saturated rings. The molecule has 0 aliphatic heterocycles. The van der Waals surface area contributed by atoms with Gasteiger partial charge < -0.3 is 15.8 Å². The highest BCUT2D eigenvalue weighted by Gasteiger charge is 2.23. The Morgan fingerprint density at radius 1 is 1.09 bits per heavy atom. The number of nitrogens with two attached hydrogens (primary N) is 1. The van der Waals surface area contributed by atoms with Crippen molar-refractivity contribution in [3.8, 4) is 0 Å². The van der Waals surface area contributed by atoms with Crippen LogP contribution in [0.25, 0.3) is 0 Å². The fourth-order valence-corrected chi connectivity index (χ4v) is 4.41. The number of esters is 1. The fraction of sp³-hybridized carbons (Fsp3) is 0.200. The molecule has 2 aromatic carbocycles. The van der Waals surface area contributed by atoms with Crippen LogP contribution >= 0.6 is 11.3 Å². The quantitative estimate of drug-likeness (QED) is 0.332. The Hall–Kier alpha value is -3.51. The molecule has 10 nitrogen and oxygen atoms in total. The topological polar surface area (TPSA) is 153 Å². The first-order valence-corrected chi connectivity index (χ1v) is 11.8. The molecule has 0 aliphatic rings. The van der Waals surface area contributed by atoms with E-state index in [1.54, 1.807) is 26.0 Å². The molecule has 12 heteroatoms. The number of ether oxygens (including phenoxy) is 1. The molecule has 4 N–H and O–H groups in total. The zero-order valence-electron chi connectivity index (χ0n) is 17.2. The van der Waals surface area contributed by atoms with Crippen molar-refractivity contribution in [2.75, 3.05) is 15.8 Å². The van der Waals surface area contributed by atoms with E-state index in [-0.39, 0.29) is 22.0 Å². The normalized spacial score (nSPS) is 12.1. The lowest BCUT2D eigenvalue weighted by atomic mass is 10.2. The van der Waals surface area contributed by atoms with Crippen LogP contribution in [0.5, 0.6) is 0 Å². The molecule has 3 rings (SSSR count). The van der Waals surface area contributed by atoms with Crippen molar-refractivity contribution in [1.82, 2.24) is 10.2 Å². The van der Waals surface area contributed by atoms with E-state index in [1.165, 1.54) is 36.4 Å². The number of amides is 1. The highest BCUT2D eigenvalue weighted by atomic mass is 32.2. The first kappa shape index (κ1) is 23.2. The van der Waals surface area contributed by atoms with Gasteiger partial charge in [-0.3, -0.25) is 9.52 Å². The van der Waals surface area contributed by atoms with Gasteiger partial charge in [0.15, 0.2) is 6.10 Å². The number of nitrogen functional groups attached to an aromatic ring is 1. The van der Waals surface area contributed by atoms with Gasteiger partial charge in [0, 0.05) is 11.4 Å². The van der Waals surface area contributed by atoms with E-state index in [0.29, 0.717) is 16.4 Å². The van der Waals surface area contributed by atoms with Gasteiger partial charge in [-0.1, -0.05) is 18.3 Å². The van der Waals surface area contributed by atoms with Gasteiger partial charge in [-0.2, -0.15) is 0 Å². The Morgan fingerprint density at radius 2 is 1.75 bits per heavy atom. The second kappa shape index (κ2) is 9.75. The first-order valence-electron chi connectivity index (χ1n) is 9.48. The summed E-state index contributed by atoms with van der Waals surface area (Å²) in [6.45, 7) is 3.42. The number of aromatic nitrogens is 2. The van der Waals surface area contributed by atoms with Gasteiger partial charge >= 0.3 is 5.97 Å².